The molecule has 1 aromatic carbocycles. The molecule has 0 aliphatic carbocycles. The van der Waals surface area contributed by atoms with Crippen LogP contribution in [0.3, 0.4) is 0 Å². The Labute approximate surface area is 106 Å². The summed E-state index contributed by atoms with van der Waals surface area (Å²) in [6, 6.07) is 11.8. The molecule has 2 heteroatoms. The van der Waals surface area contributed by atoms with Gasteiger partial charge in [0.25, 0.3) is 0 Å². The quantitative estimate of drug-likeness (QED) is 0.780. The van der Waals surface area contributed by atoms with E-state index in [4.69, 9.17) is 0 Å². The first-order chi connectivity index (χ1) is 8.09. The van der Waals surface area contributed by atoms with E-state index < -0.39 is 0 Å². The second kappa shape index (κ2) is 7.46. The van der Waals surface area contributed by atoms with Crippen LogP contribution in [-0.4, -0.2) is 37.1 Å². The summed E-state index contributed by atoms with van der Waals surface area (Å²) in [5.74, 6) is 0. The Morgan fingerprint density at radius 3 is 2.35 bits per heavy atom. The zero-order valence-corrected chi connectivity index (χ0v) is 11.6. The zero-order chi connectivity index (χ0) is 12.7. The van der Waals surface area contributed by atoms with Gasteiger partial charge in [-0.1, -0.05) is 30.3 Å². The molecule has 0 aliphatic heterocycles. The fourth-order valence-electron chi connectivity index (χ4n) is 1.79. The molecule has 1 N–H and O–H groups in total. The maximum absolute atomic E-state index is 3.58. The lowest BCUT2D eigenvalue weighted by atomic mass is 10.1. The van der Waals surface area contributed by atoms with Crippen molar-refractivity contribution in [1.82, 2.24) is 10.2 Å². The molecular weight excluding hydrogens is 208 g/mol. The maximum Gasteiger partial charge on any atom is 0.0107 e. The molecule has 0 amide bonds. The van der Waals surface area contributed by atoms with Crippen LogP contribution in [0, 0.1) is 0 Å². The van der Waals surface area contributed by atoms with Crippen LogP contribution in [0.25, 0.3) is 0 Å². The fourth-order valence-corrected chi connectivity index (χ4v) is 1.79. The van der Waals surface area contributed by atoms with Gasteiger partial charge in [0.15, 0.2) is 0 Å². The van der Waals surface area contributed by atoms with Crippen molar-refractivity contribution in [2.75, 3.05) is 20.1 Å². The molecule has 0 aromatic heterocycles. The van der Waals surface area contributed by atoms with Crippen molar-refractivity contribution < 1.29 is 0 Å². The Morgan fingerprint density at radius 2 is 1.76 bits per heavy atom. The van der Waals surface area contributed by atoms with Crippen LogP contribution in [0.2, 0.25) is 0 Å². The molecule has 96 valence electrons. The lowest BCUT2D eigenvalue weighted by Crippen LogP contribution is -2.37. The van der Waals surface area contributed by atoms with E-state index in [1.54, 1.807) is 0 Å². The van der Waals surface area contributed by atoms with E-state index in [1.165, 1.54) is 5.56 Å². The van der Waals surface area contributed by atoms with Gasteiger partial charge in [-0.25, -0.2) is 0 Å². The van der Waals surface area contributed by atoms with Crippen LogP contribution >= 0.6 is 0 Å². The first-order valence-electron chi connectivity index (χ1n) is 6.57. The molecule has 0 bridgehead atoms. The number of hydrogen-bond acceptors (Lipinski definition) is 2. The number of nitrogens with one attached hydrogen (secondary N) is 1. The zero-order valence-electron chi connectivity index (χ0n) is 11.6. The molecular formula is C15H26N2. The highest BCUT2D eigenvalue weighted by Gasteiger charge is 2.05. The minimum Gasteiger partial charge on any atom is -0.313 e. The Hall–Kier alpha value is -0.860. The minimum atomic E-state index is 0.540. The van der Waals surface area contributed by atoms with Crippen molar-refractivity contribution in [3.8, 4) is 0 Å². The number of likely N-dealkylation sites (N-methyl/N-ethyl adjacent to an activating group) is 1. The first-order valence-corrected chi connectivity index (χ1v) is 6.57. The second-order valence-electron chi connectivity index (χ2n) is 5.12. The molecule has 1 atom stereocenters. The Balaban J connectivity index is 2.20. The largest absolute Gasteiger partial charge is 0.313 e. The molecule has 1 rings (SSSR count). The molecule has 0 heterocycles. The number of rotatable bonds is 7. The first kappa shape index (κ1) is 14.2. The third kappa shape index (κ3) is 5.85. The summed E-state index contributed by atoms with van der Waals surface area (Å²) in [4.78, 5) is 2.36. The molecule has 0 aliphatic rings. The van der Waals surface area contributed by atoms with Gasteiger partial charge in [0.05, 0.1) is 0 Å². The standard InChI is InChI=1S/C15H26N2/c1-13(2)17(4)11-10-16-14(3)12-15-8-6-5-7-9-15/h5-9,13-14,16H,10-12H2,1-4H3. The van der Waals surface area contributed by atoms with Gasteiger partial charge in [-0.3, -0.25) is 0 Å². The van der Waals surface area contributed by atoms with Crippen molar-refractivity contribution in [3.63, 3.8) is 0 Å². The van der Waals surface area contributed by atoms with E-state index in [2.05, 4.69) is 68.4 Å². The van der Waals surface area contributed by atoms with Crippen molar-refractivity contribution in [2.45, 2.75) is 39.3 Å². The summed E-state index contributed by atoms with van der Waals surface area (Å²) < 4.78 is 0. The van der Waals surface area contributed by atoms with Gasteiger partial charge >= 0.3 is 0 Å². The van der Waals surface area contributed by atoms with Crippen LogP contribution in [0.4, 0.5) is 0 Å². The predicted molar refractivity (Wildman–Crippen MR) is 75.4 cm³/mol. The normalized spacial score (nSPS) is 13.3. The molecule has 0 saturated heterocycles. The van der Waals surface area contributed by atoms with Crippen molar-refractivity contribution >= 4 is 0 Å². The molecule has 1 aromatic rings. The average molecular weight is 234 g/mol. The fraction of sp³-hybridized carbons (Fsp3) is 0.600. The summed E-state index contributed by atoms with van der Waals surface area (Å²) >= 11 is 0. The third-order valence-electron chi connectivity index (χ3n) is 3.22. The molecule has 2 nitrogen and oxygen atoms in total. The lowest BCUT2D eigenvalue weighted by Gasteiger charge is -2.22. The smallest absolute Gasteiger partial charge is 0.0107 e. The summed E-state index contributed by atoms with van der Waals surface area (Å²) in [5, 5.41) is 3.58. The topological polar surface area (TPSA) is 15.3 Å². The molecule has 0 spiro atoms. The SMILES string of the molecule is CC(Cc1ccccc1)NCCN(C)C(C)C. The third-order valence-corrected chi connectivity index (χ3v) is 3.22. The van der Waals surface area contributed by atoms with Crippen LogP contribution in [-0.2, 0) is 6.42 Å². The monoisotopic (exact) mass is 234 g/mol. The van der Waals surface area contributed by atoms with Crippen molar-refractivity contribution in [2.24, 2.45) is 0 Å². The van der Waals surface area contributed by atoms with Gasteiger partial charge in [-0.05, 0) is 39.8 Å². The summed E-state index contributed by atoms with van der Waals surface area (Å²) in [6.07, 6.45) is 1.10. The van der Waals surface area contributed by atoms with Crippen molar-refractivity contribution in [1.29, 1.82) is 0 Å². The van der Waals surface area contributed by atoms with Crippen LogP contribution in [0.1, 0.15) is 26.3 Å². The summed E-state index contributed by atoms with van der Waals surface area (Å²) in [7, 11) is 2.17. The average Bonchev–Trinajstić information content (AvgIpc) is 2.30. The van der Waals surface area contributed by atoms with E-state index in [9.17, 15) is 0 Å². The highest BCUT2D eigenvalue weighted by atomic mass is 15.1. The molecule has 1 unspecified atom stereocenters. The molecule has 0 radical (unpaired) electrons. The van der Waals surface area contributed by atoms with Crippen LogP contribution in [0.15, 0.2) is 30.3 Å². The Morgan fingerprint density at radius 1 is 1.12 bits per heavy atom. The van der Waals surface area contributed by atoms with E-state index in [0.717, 1.165) is 19.5 Å². The summed E-state index contributed by atoms with van der Waals surface area (Å²) in [6.45, 7) is 8.88. The predicted octanol–water partition coefficient (Wildman–Crippen LogP) is 2.55. The number of benzene rings is 1. The minimum absolute atomic E-state index is 0.540. The number of nitrogens with zero attached hydrogens (tertiary/aromatic N) is 1. The molecule has 17 heavy (non-hydrogen) atoms. The highest BCUT2D eigenvalue weighted by Crippen LogP contribution is 2.02. The van der Waals surface area contributed by atoms with E-state index in [1.807, 2.05) is 0 Å². The van der Waals surface area contributed by atoms with Gasteiger partial charge in [0, 0.05) is 25.2 Å². The lowest BCUT2D eigenvalue weighted by molar-refractivity contribution is 0.269. The second-order valence-corrected chi connectivity index (χ2v) is 5.12. The van der Waals surface area contributed by atoms with Crippen LogP contribution < -0.4 is 5.32 Å². The van der Waals surface area contributed by atoms with Gasteiger partial charge in [-0.2, -0.15) is 0 Å². The summed E-state index contributed by atoms with van der Waals surface area (Å²) in [5.41, 5.74) is 1.41. The highest BCUT2D eigenvalue weighted by molar-refractivity contribution is 5.15. The van der Waals surface area contributed by atoms with Gasteiger partial charge in [0.2, 0.25) is 0 Å². The van der Waals surface area contributed by atoms with Crippen molar-refractivity contribution in [3.05, 3.63) is 35.9 Å². The van der Waals surface area contributed by atoms with Gasteiger partial charge < -0.3 is 10.2 Å². The molecule has 0 fully saturated rings. The van der Waals surface area contributed by atoms with E-state index >= 15 is 0 Å². The van der Waals surface area contributed by atoms with E-state index in [0.29, 0.717) is 12.1 Å². The Kier molecular flexibility index (Phi) is 6.23. The van der Waals surface area contributed by atoms with Gasteiger partial charge in [-0.15, -0.1) is 0 Å². The van der Waals surface area contributed by atoms with Gasteiger partial charge in [0.1, 0.15) is 0 Å². The maximum atomic E-state index is 3.58. The van der Waals surface area contributed by atoms with E-state index in [-0.39, 0.29) is 0 Å². The van der Waals surface area contributed by atoms with Crippen LogP contribution in [0.5, 0.6) is 0 Å². The Bertz CT molecular complexity index is 295. The number of hydrogen-bond donors (Lipinski definition) is 1. The molecule has 0 saturated carbocycles.